The number of carbonyl (C=O) groups excluding carboxylic acids is 2. The molecule has 0 amide bonds. The highest BCUT2D eigenvalue weighted by Gasteiger charge is 2.25. The van der Waals surface area contributed by atoms with E-state index in [9.17, 15) is 9.59 Å². The Morgan fingerprint density at radius 1 is 0.643 bits per heavy atom. The van der Waals surface area contributed by atoms with Crippen molar-refractivity contribution in [2.45, 2.75) is 12.2 Å². The van der Waals surface area contributed by atoms with Crippen LogP contribution < -0.4 is 9.47 Å². The highest BCUT2D eigenvalue weighted by atomic mass is 16.6. The average Bonchev–Trinajstić information content (AvgIpc) is 3.94. The van der Waals surface area contributed by atoms with Crippen LogP contribution >= 0.6 is 0 Å². The molecule has 10 nitrogen and oxygen atoms in total. The highest BCUT2D eigenvalue weighted by molar-refractivity contribution is 5.96. The van der Waals surface area contributed by atoms with E-state index in [2.05, 4.69) is 9.97 Å². The third-order valence-corrected chi connectivity index (χ3v) is 6.74. The van der Waals surface area contributed by atoms with Gasteiger partial charge in [0, 0.05) is 0 Å². The van der Waals surface area contributed by atoms with Crippen LogP contribution in [0, 0.1) is 0 Å². The molecule has 0 aliphatic carbocycles. The molecule has 5 aromatic rings. The maximum atomic E-state index is 12.3. The third kappa shape index (κ3) is 6.14. The van der Waals surface area contributed by atoms with Gasteiger partial charge in [-0.3, -0.25) is 4.98 Å². The van der Waals surface area contributed by atoms with Crippen molar-refractivity contribution in [3.8, 4) is 23.3 Å². The van der Waals surface area contributed by atoms with E-state index >= 15 is 0 Å². The second-order valence-corrected chi connectivity index (χ2v) is 9.95. The molecule has 2 saturated heterocycles. The van der Waals surface area contributed by atoms with Crippen molar-refractivity contribution < 1.29 is 38.0 Å². The van der Waals surface area contributed by atoms with Crippen LogP contribution in [0.3, 0.4) is 0 Å². The molecule has 0 saturated carbocycles. The van der Waals surface area contributed by atoms with Gasteiger partial charge < -0.3 is 28.4 Å². The first-order valence-corrected chi connectivity index (χ1v) is 13.4. The van der Waals surface area contributed by atoms with Crippen molar-refractivity contribution >= 4 is 33.5 Å². The molecule has 0 bridgehead atoms. The topological polar surface area (TPSA) is 122 Å². The lowest BCUT2D eigenvalue weighted by Gasteiger charge is -2.10. The molecule has 42 heavy (non-hydrogen) atoms. The van der Waals surface area contributed by atoms with E-state index in [0.717, 1.165) is 21.5 Å². The van der Waals surface area contributed by atoms with Crippen molar-refractivity contribution in [2.75, 3.05) is 26.4 Å². The van der Waals surface area contributed by atoms with Gasteiger partial charge in [-0.1, -0.05) is 24.3 Å². The Balaban J connectivity index is 1.01. The molecule has 3 heterocycles. The molecule has 2 unspecified atom stereocenters. The second-order valence-electron chi connectivity index (χ2n) is 9.95. The van der Waals surface area contributed by atoms with E-state index in [1.165, 1.54) is 12.4 Å². The van der Waals surface area contributed by atoms with Crippen molar-refractivity contribution in [1.29, 1.82) is 0 Å². The quantitative estimate of drug-likeness (QED) is 0.159. The van der Waals surface area contributed by atoms with Gasteiger partial charge in [0.05, 0.1) is 36.7 Å². The fourth-order valence-electron chi connectivity index (χ4n) is 4.33. The van der Waals surface area contributed by atoms with E-state index in [4.69, 9.17) is 28.4 Å². The van der Waals surface area contributed by atoms with E-state index in [1.807, 2.05) is 36.4 Å². The maximum absolute atomic E-state index is 12.3. The number of hydrogen-bond donors (Lipinski definition) is 0. The van der Waals surface area contributed by atoms with Gasteiger partial charge in [-0.2, -0.15) is 4.98 Å². The molecule has 7 rings (SSSR count). The van der Waals surface area contributed by atoms with Crippen LogP contribution in [0.1, 0.15) is 20.7 Å². The number of epoxide rings is 2. The van der Waals surface area contributed by atoms with Crippen molar-refractivity contribution in [1.82, 2.24) is 9.97 Å². The summed E-state index contributed by atoms with van der Waals surface area (Å²) >= 11 is 0. The minimum Gasteiger partial charge on any atom is -0.459 e. The summed E-state index contributed by atoms with van der Waals surface area (Å²) in [5.74, 6) is 0.871. The van der Waals surface area contributed by atoms with Gasteiger partial charge in [-0.05, 0) is 70.1 Å². The average molecular weight is 565 g/mol. The van der Waals surface area contributed by atoms with Gasteiger partial charge >= 0.3 is 11.9 Å². The Kier molecular flexibility index (Phi) is 6.82. The summed E-state index contributed by atoms with van der Waals surface area (Å²) in [6, 6.07) is 21.7. The lowest BCUT2D eigenvalue weighted by Crippen LogP contribution is -2.09. The van der Waals surface area contributed by atoms with Gasteiger partial charge in [0.15, 0.2) is 0 Å². The number of carbonyl (C=O) groups is 2. The Hall–Kier alpha value is -5.06. The molecular formula is C32H24N2O8. The van der Waals surface area contributed by atoms with Crippen LogP contribution in [0.5, 0.6) is 23.3 Å². The molecule has 2 atom stereocenters. The van der Waals surface area contributed by atoms with Crippen LogP contribution in [0.15, 0.2) is 85.2 Å². The Labute approximate surface area is 239 Å². The molecule has 1 aromatic heterocycles. The number of fused-ring (bicyclic) bond motifs is 2. The summed E-state index contributed by atoms with van der Waals surface area (Å²) in [7, 11) is 0. The first-order chi connectivity index (χ1) is 20.6. The zero-order valence-electron chi connectivity index (χ0n) is 22.2. The van der Waals surface area contributed by atoms with Gasteiger partial charge in [-0.15, -0.1) is 0 Å². The van der Waals surface area contributed by atoms with E-state index in [-0.39, 0.29) is 49.1 Å². The third-order valence-electron chi connectivity index (χ3n) is 6.74. The summed E-state index contributed by atoms with van der Waals surface area (Å²) in [5.41, 5.74) is 0.951. The first kappa shape index (κ1) is 25.9. The summed E-state index contributed by atoms with van der Waals surface area (Å²) in [5, 5.41) is 3.52. The van der Waals surface area contributed by atoms with Crippen molar-refractivity contribution in [3.05, 3.63) is 96.3 Å². The Morgan fingerprint density at radius 2 is 1.07 bits per heavy atom. The molecule has 2 fully saturated rings. The molecule has 0 radical (unpaired) electrons. The van der Waals surface area contributed by atoms with Crippen LogP contribution in [-0.4, -0.2) is 60.5 Å². The Bertz CT molecular complexity index is 1690. The first-order valence-electron chi connectivity index (χ1n) is 13.4. The monoisotopic (exact) mass is 564 g/mol. The molecular weight excluding hydrogens is 540 g/mol. The number of aromatic nitrogens is 2. The fourth-order valence-corrected chi connectivity index (χ4v) is 4.33. The standard InChI is InChI=1S/C32H24N2O8/c35-31(39-17-27-15-37-27)23-3-1-21-11-25(7-5-19(21)9-23)41-29-13-33-14-30(34-29)42-26-8-6-20-10-24(4-2-22(20)12-26)32(36)40-18-28-16-38-28/h1-14,27-28H,15-18H2. The predicted octanol–water partition coefficient (Wildman–Crippen LogP) is 5.48. The number of benzene rings is 4. The van der Waals surface area contributed by atoms with Gasteiger partial charge in [0.2, 0.25) is 11.8 Å². The molecule has 4 aromatic carbocycles. The SMILES string of the molecule is O=C(OCC1CO1)c1ccc2cc(Oc3cncc(Oc4ccc5cc(C(=O)OCC6CO6)ccc5c4)n3)ccc2c1. The molecule has 0 N–H and O–H groups in total. The summed E-state index contributed by atoms with van der Waals surface area (Å²) in [6.07, 6.45) is 3.04. The molecule has 2 aliphatic heterocycles. The molecule has 0 spiro atoms. The van der Waals surface area contributed by atoms with Gasteiger partial charge in [-0.25, -0.2) is 9.59 Å². The lowest BCUT2D eigenvalue weighted by molar-refractivity contribution is 0.0469. The molecule has 210 valence electrons. The van der Waals surface area contributed by atoms with Crippen LogP contribution in [0.2, 0.25) is 0 Å². The summed E-state index contributed by atoms with van der Waals surface area (Å²) in [4.78, 5) is 33.2. The number of hydrogen-bond acceptors (Lipinski definition) is 10. The highest BCUT2D eigenvalue weighted by Crippen LogP contribution is 2.29. The largest absolute Gasteiger partial charge is 0.459 e. The van der Waals surface area contributed by atoms with Crippen LogP contribution in [-0.2, 0) is 18.9 Å². The minimum absolute atomic E-state index is 0.0220. The number of nitrogens with zero attached hydrogens (tertiary/aromatic N) is 2. The van der Waals surface area contributed by atoms with Crippen LogP contribution in [0.25, 0.3) is 21.5 Å². The lowest BCUT2D eigenvalue weighted by atomic mass is 10.1. The Morgan fingerprint density at radius 3 is 1.52 bits per heavy atom. The second kappa shape index (κ2) is 11.1. The normalized spacial score (nSPS) is 17.0. The van der Waals surface area contributed by atoms with Crippen LogP contribution in [0.4, 0.5) is 0 Å². The number of rotatable bonds is 10. The van der Waals surface area contributed by atoms with E-state index < -0.39 is 0 Å². The van der Waals surface area contributed by atoms with Crippen molar-refractivity contribution in [2.24, 2.45) is 0 Å². The minimum atomic E-state index is -0.379. The number of esters is 2. The van der Waals surface area contributed by atoms with Crippen molar-refractivity contribution in [3.63, 3.8) is 0 Å². The predicted molar refractivity (Wildman–Crippen MR) is 150 cm³/mol. The summed E-state index contributed by atoms with van der Waals surface area (Å²) < 4.78 is 32.6. The zero-order valence-corrected chi connectivity index (χ0v) is 22.2. The fraction of sp³-hybridized carbons (Fsp3) is 0.188. The van der Waals surface area contributed by atoms with E-state index in [0.29, 0.717) is 35.8 Å². The number of ether oxygens (including phenoxy) is 6. The summed E-state index contributed by atoms with van der Waals surface area (Å²) in [6.45, 7) is 1.80. The van der Waals surface area contributed by atoms with E-state index in [1.54, 1.807) is 36.4 Å². The molecule has 10 heteroatoms. The maximum Gasteiger partial charge on any atom is 0.338 e. The smallest absolute Gasteiger partial charge is 0.338 e. The zero-order chi connectivity index (χ0) is 28.5. The van der Waals surface area contributed by atoms with Gasteiger partial charge in [0.25, 0.3) is 0 Å². The van der Waals surface area contributed by atoms with Gasteiger partial charge in [0.1, 0.15) is 36.9 Å². The molecule has 2 aliphatic rings.